The van der Waals surface area contributed by atoms with Crippen LogP contribution >= 0.6 is 0 Å². The highest BCUT2D eigenvalue weighted by molar-refractivity contribution is 5.87. The highest BCUT2D eigenvalue weighted by atomic mass is 16.4. The highest BCUT2D eigenvalue weighted by Crippen LogP contribution is 1.93. The van der Waals surface area contributed by atoms with E-state index in [9.17, 15) is 4.79 Å². The Morgan fingerprint density at radius 2 is 1.90 bits per heavy atom. The van der Waals surface area contributed by atoms with Crippen LogP contribution in [0.5, 0.6) is 0 Å². The van der Waals surface area contributed by atoms with E-state index in [2.05, 4.69) is 4.98 Å². The lowest BCUT2D eigenvalue weighted by molar-refractivity contribution is 0.0697. The van der Waals surface area contributed by atoms with Crippen molar-refractivity contribution in [3.05, 3.63) is 30.1 Å². The van der Waals surface area contributed by atoms with Crippen molar-refractivity contribution in [2.75, 3.05) is 0 Å². The molecule has 0 aliphatic carbocycles. The third kappa shape index (κ3) is 1.83. The SMILES string of the molecule is O.O=C(O)c1ccncc1. The fourth-order valence-electron chi connectivity index (χ4n) is 0.494. The van der Waals surface area contributed by atoms with Gasteiger partial charge in [0.2, 0.25) is 0 Å². The van der Waals surface area contributed by atoms with Gasteiger partial charge in [-0.25, -0.2) is 4.79 Å². The molecule has 54 valence electrons. The Kier molecular flexibility index (Phi) is 3.07. The molecule has 0 aliphatic rings. The number of nitrogens with zero attached hydrogens (tertiary/aromatic N) is 1. The Bertz CT molecular complexity index is 209. The Morgan fingerprint density at radius 3 is 2.20 bits per heavy atom. The van der Waals surface area contributed by atoms with Gasteiger partial charge in [-0.3, -0.25) is 4.98 Å². The molecule has 1 aromatic rings. The van der Waals surface area contributed by atoms with E-state index < -0.39 is 5.97 Å². The van der Waals surface area contributed by atoms with Gasteiger partial charge in [-0.05, 0) is 12.1 Å². The molecule has 1 rings (SSSR count). The average Bonchev–Trinajstić information content (AvgIpc) is 1.90. The van der Waals surface area contributed by atoms with E-state index >= 15 is 0 Å². The van der Waals surface area contributed by atoms with Crippen molar-refractivity contribution in [2.24, 2.45) is 0 Å². The van der Waals surface area contributed by atoms with E-state index in [1.807, 2.05) is 0 Å². The third-order valence-electron chi connectivity index (χ3n) is 0.927. The molecule has 0 amide bonds. The number of hydrogen-bond donors (Lipinski definition) is 1. The molecule has 3 N–H and O–H groups in total. The molecule has 0 aromatic carbocycles. The lowest BCUT2D eigenvalue weighted by Gasteiger charge is -1.87. The standard InChI is InChI=1S/C6H5NO2.H2O/c8-6(9)5-1-3-7-4-2-5;/h1-4H,(H,8,9);1H2. The van der Waals surface area contributed by atoms with Gasteiger partial charge in [0.05, 0.1) is 5.56 Å². The Morgan fingerprint density at radius 1 is 1.40 bits per heavy atom. The van der Waals surface area contributed by atoms with E-state index in [0.29, 0.717) is 0 Å². The molecule has 4 nitrogen and oxygen atoms in total. The van der Waals surface area contributed by atoms with Crippen molar-refractivity contribution in [3.8, 4) is 0 Å². The molecule has 4 heteroatoms. The second-order valence-electron chi connectivity index (χ2n) is 1.54. The van der Waals surface area contributed by atoms with Gasteiger partial charge in [0, 0.05) is 12.4 Å². The van der Waals surface area contributed by atoms with Crippen LogP contribution in [0.15, 0.2) is 24.5 Å². The monoisotopic (exact) mass is 141 g/mol. The first-order valence-corrected chi connectivity index (χ1v) is 2.44. The van der Waals surface area contributed by atoms with E-state index in [-0.39, 0.29) is 11.0 Å². The summed E-state index contributed by atoms with van der Waals surface area (Å²) in [4.78, 5) is 13.8. The van der Waals surface area contributed by atoms with Crippen molar-refractivity contribution in [1.29, 1.82) is 0 Å². The number of carboxylic acids is 1. The van der Waals surface area contributed by atoms with Crippen LogP contribution in [0.1, 0.15) is 10.4 Å². The lowest BCUT2D eigenvalue weighted by atomic mass is 10.3. The zero-order valence-electron chi connectivity index (χ0n) is 5.11. The van der Waals surface area contributed by atoms with Crippen LogP contribution in [-0.2, 0) is 0 Å². The molecule has 0 radical (unpaired) electrons. The van der Waals surface area contributed by atoms with Crippen molar-refractivity contribution in [3.63, 3.8) is 0 Å². The van der Waals surface area contributed by atoms with Gasteiger partial charge in [0.25, 0.3) is 0 Å². The first-order valence-electron chi connectivity index (χ1n) is 2.44. The lowest BCUT2D eigenvalue weighted by Crippen LogP contribution is -1.94. The summed E-state index contributed by atoms with van der Waals surface area (Å²) in [7, 11) is 0. The van der Waals surface area contributed by atoms with Crippen LogP contribution in [0, 0.1) is 0 Å². The number of carboxylic acid groups (broad SMARTS) is 1. The molecule has 0 saturated heterocycles. The van der Waals surface area contributed by atoms with Gasteiger partial charge in [0.15, 0.2) is 0 Å². The van der Waals surface area contributed by atoms with Gasteiger partial charge in [-0.15, -0.1) is 0 Å². The molecule has 1 aromatic heterocycles. The minimum absolute atomic E-state index is 0. The summed E-state index contributed by atoms with van der Waals surface area (Å²) in [5, 5.41) is 8.36. The van der Waals surface area contributed by atoms with Crippen molar-refractivity contribution < 1.29 is 15.4 Å². The third-order valence-corrected chi connectivity index (χ3v) is 0.927. The van der Waals surface area contributed by atoms with Gasteiger partial charge >= 0.3 is 5.97 Å². The second-order valence-corrected chi connectivity index (χ2v) is 1.54. The van der Waals surface area contributed by atoms with Crippen LogP contribution in [0.2, 0.25) is 0 Å². The molecule has 0 aliphatic heterocycles. The highest BCUT2D eigenvalue weighted by Gasteiger charge is 1.97. The second kappa shape index (κ2) is 3.58. The molecule has 0 bridgehead atoms. The molecule has 0 spiro atoms. The van der Waals surface area contributed by atoms with E-state index in [1.54, 1.807) is 0 Å². The van der Waals surface area contributed by atoms with Crippen molar-refractivity contribution >= 4 is 5.97 Å². The largest absolute Gasteiger partial charge is 0.478 e. The number of pyridine rings is 1. The predicted molar refractivity (Wildman–Crippen MR) is 34.8 cm³/mol. The molecule has 1 heterocycles. The topological polar surface area (TPSA) is 81.7 Å². The summed E-state index contributed by atoms with van der Waals surface area (Å²) < 4.78 is 0. The zero-order valence-corrected chi connectivity index (χ0v) is 5.11. The molecule has 0 fully saturated rings. The van der Waals surface area contributed by atoms with Gasteiger partial charge in [0.1, 0.15) is 0 Å². The summed E-state index contributed by atoms with van der Waals surface area (Å²) in [6, 6.07) is 2.89. The van der Waals surface area contributed by atoms with Crippen LogP contribution in [0.4, 0.5) is 0 Å². The summed E-state index contributed by atoms with van der Waals surface area (Å²) in [5.74, 6) is -0.919. The smallest absolute Gasteiger partial charge is 0.335 e. The Balaban J connectivity index is 0.000000810. The number of rotatable bonds is 1. The number of aromatic nitrogens is 1. The van der Waals surface area contributed by atoms with E-state index in [0.717, 1.165) is 0 Å². The van der Waals surface area contributed by atoms with E-state index in [1.165, 1.54) is 24.5 Å². The van der Waals surface area contributed by atoms with Crippen LogP contribution in [0.25, 0.3) is 0 Å². The molecular formula is C6H7NO3. The maximum atomic E-state index is 10.2. The maximum Gasteiger partial charge on any atom is 0.335 e. The molecule has 0 saturated carbocycles. The molecule has 0 unspecified atom stereocenters. The summed E-state index contributed by atoms with van der Waals surface area (Å²) in [5.41, 5.74) is 0.269. The normalized spacial score (nSPS) is 8.00. The number of hydrogen-bond acceptors (Lipinski definition) is 2. The molecule has 10 heavy (non-hydrogen) atoms. The van der Waals surface area contributed by atoms with Crippen molar-refractivity contribution in [2.45, 2.75) is 0 Å². The first-order chi connectivity index (χ1) is 4.30. The van der Waals surface area contributed by atoms with Crippen molar-refractivity contribution in [1.82, 2.24) is 4.98 Å². The van der Waals surface area contributed by atoms with Gasteiger partial charge < -0.3 is 10.6 Å². The minimum atomic E-state index is -0.919. The average molecular weight is 141 g/mol. The Labute approximate surface area is 57.5 Å². The zero-order chi connectivity index (χ0) is 6.69. The molecular weight excluding hydrogens is 134 g/mol. The summed E-state index contributed by atoms with van der Waals surface area (Å²) in [6.45, 7) is 0. The van der Waals surface area contributed by atoms with Crippen LogP contribution in [0.3, 0.4) is 0 Å². The number of carbonyl (C=O) groups is 1. The molecule has 0 atom stereocenters. The number of aromatic carboxylic acids is 1. The summed E-state index contributed by atoms with van der Waals surface area (Å²) >= 11 is 0. The first kappa shape index (κ1) is 8.58. The van der Waals surface area contributed by atoms with Crippen LogP contribution in [-0.4, -0.2) is 21.5 Å². The maximum absolute atomic E-state index is 10.2. The predicted octanol–water partition coefficient (Wildman–Crippen LogP) is -0.0449. The van der Waals surface area contributed by atoms with Gasteiger partial charge in [-0.1, -0.05) is 0 Å². The van der Waals surface area contributed by atoms with Crippen LogP contribution < -0.4 is 0 Å². The van der Waals surface area contributed by atoms with E-state index in [4.69, 9.17) is 5.11 Å². The van der Waals surface area contributed by atoms with Gasteiger partial charge in [-0.2, -0.15) is 0 Å². The quantitative estimate of drug-likeness (QED) is 0.595. The Hall–Kier alpha value is -1.42. The fourth-order valence-corrected chi connectivity index (χ4v) is 0.494. The summed E-state index contributed by atoms with van der Waals surface area (Å²) in [6.07, 6.45) is 2.90. The fraction of sp³-hybridized carbons (Fsp3) is 0. The minimum Gasteiger partial charge on any atom is -0.478 e.